The van der Waals surface area contributed by atoms with E-state index in [0.29, 0.717) is 12.6 Å². The number of likely N-dealkylation sites (N-methyl/N-ethyl adjacent to an activating group) is 1. The number of aliphatic hydroxyl groups is 2. The van der Waals surface area contributed by atoms with Gasteiger partial charge in [0.05, 0.1) is 17.2 Å². The molecule has 2 aromatic carbocycles. The number of fused-ring (bicyclic) bond motifs is 1. The van der Waals surface area contributed by atoms with E-state index in [9.17, 15) is 38.4 Å². The van der Waals surface area contributed by atoms with Crippen LogP contribution >= 0.6 is 11.6 Å². The van der Waals surface area contributed by atoms with E-state index in [1.165, 1.54) is 4.90 Å². The Kier molecular flexibility index (Phi) is 5.60. The fourth-order valence-corrected chi connectivity index (χ4v) is 4.58. The van der Waals surface area contributed by atoms with Crippen LogP contribution in [-0.2, 0) is 6.18 Å². The van der Waals surface area contributed by atoms with Gasteiger partial charge in [0.1, 0.15) is 34.0 Å². The second-order valence-corrected chi connectivity index (χ2v) is 8.41. The maximum Gasteiger partial charge on any atom is 0.416 e. The Balaban J connectivity index is 1.99. The van der Waals surface area contributed by atoms with Crippen molar-refractivity contribution in [2.45, 2.75) is 24.2 Å². The van der Waals surface area contributed by atoms with Gasteiger partial charge in [0, 0.05) is 35.7 Å². The molecule has 4 rings (SSSR count). The molecular formula is C22H19ClF3NO6. The molecular weight excluding hydrogens is 467 g/mol. The van der Waals surface area contributed by atoms with Crippen LogP contribution in [-0.4, -0.2) is 51.3 Å². The van der Waals surface area contributed by atoms with Gasteiger partial charge in [0.2, 0.25) is 0 Å². The highest BCUT2D eigenvalue weighted by molar-refractivity contribution is 6.33. The van der Waals surface area contributed by atoms with Crippen LogP contribution in [0.2, 0.25) is 5.02 Å². The summed E-state index contributed by atoms with van der Waals surface area (Å²) in [5.41, 5.74) is -3.82. The van der Waals surface area contributed by atoms with Crippen LogP contribution in [0.1, 0.15) is 23.5 Å². The van der Waals surface area contributed by atoms with E-state index in [1.807, 2.05) is 0 Å². The first-order valence-corrected chi connectivity index (χ1v) is 10.2. The van der Waals surface area contributed by atoms with Crippen molar-refractivity contribution in [3.63, 3.8) is 0 Å². The number of benzene rings is 2. The monoisotopic (exact) mass is 485 g/mol. The zero-order valence-electron chi connectivity index (χ0n) is 17.1. The van der Waals surface area contributed by atoms with Crippen LogP contribution in [0.15, 0.2) is 39.5 Å². The maximum absolute atomic E-state index is 13.0. The van der Waals surface area contributed by atoms with Gasteiger partial charge in [-0.05, 0) is 31.7 Å². The number of alkyl halides is 3. The SMILES string of the molecule is CN1CC[C@@H](c2c(O)cc(O)c3c(=O)cc(-c4ccc(C(F)(F)F)cc4Cl)oc23)[C@]1(O)CO. The molecule has 7 nitrogen and oxygen atoms in total. The van der Waals surface area contributed by atoms with Crippen molar-refractivity contribution in [3.05, 3.63) is 56.7 Å². The van der Waals surface area contributed by atoms with Gasteiger partial charge >= 0.3 is 6.18 Å². The number of likely N-dealkylation sites (tertiary alicyclic amines) is 1. The number of hydrogen-bond acceptors (Lipinski definition) is 7. The third-order valence-electron chi connectivity index (χ3n) is 6.11. The van der Waals surface area contributed by atoms with Crippen molar-refractivity contribution < 1.29 is 38.0 Å². The standard InChI is InChI=1S/C22H19ClF3NO6/c1-27-5-4-12(21(27,32)9-28)18-14(29)7-15(30)19-16(31)8-17(33-20(18)19)11-3-2-10(6-13(11)23)22(24,25)26/h2-3,6-8,12,28-30,32H,4-5,9H2,1H3/t12-,21+/m0/s1. The minimum Gasteiger partial charge on any atom is -0.507 e. The van der Waals surface area contributed by atoms with E-state index in [4.69, 9.17) is 16.0 Å². The summed E-state index contributed by atoms with van der Waals surface area (Å²) in [7, 11) is 1.57. The van der Waals surface area contributed by atoms with E-state index in [2.05, 4.69) is 0 Å². The summed E-state index contributed by atoms with van der Waals surface area (Å²) in [6, 6.07) is 4.43. The lowest BCUT2D eigenvalue weighted by molar-refractivity contribution is -0.137. The predicted molar refractivity (Wildman–Crippen MR) is 113 cm³/mol. The Morgan fingerprint density at radius 2 is 1.91 bits per heavy atom. The smallest absolute Gasteiger partial charge is 0.416 e. The van der Waals surface area contributed by atoms with Gasteiger partial charge in [-0.1, -0.05) is 11.6 Å². The normalized spacial score (nSPS) is 21.7. The fourth-order valence-electron chi connectivity index (χ4n) is 4.30. The molecule has 176 valence electrons. The van der Waals surface area contributed by atoms with Crippen molar-refractivity contribution >= 4 is 22.6 Å². The van der Waals surface area contributed by atoms with Crippen molar-refractivity contribution in [1.82, 2.24) is 4.90 Å². The summed E-state index contributed by atoms with van der Waals surface area (Å²) in [6.45, 7) is -0.344. The highest BCUT2D eigenvalue weighted by Crippen LogP contribution is 2.48. The molecule has 0 spiro atoms. The summed E-state index contributed by atoms with van der Waals surface area (Å²) < 4.78 is 44.8. The molecule has 33 heavy (non-hydrogen) atoms. The van der Waals surface area contributed by atoms with Gasteiger partial charge < -0.3 is 24.8 Å². The number of rotatable bonds is 3. The van der Waals surface area contributed by atoms with Crippen LogP contribution in [0, 0.1) is 0 Å². The zero-order valence-corrected chi connectivity index (χ0v) is 17.9. The summed E-state index contributed by atoms with van der Waals surface area (Å²) in [5, 5.41) is 41.1. The van der Waals surface area contributed by atoms with E-state index in [1.54, 1.807) is 7.05 Å². The van der Waals surface area contributed by atoms with Gasteiger partial charge in [0.15, 0.2) is 5.43 Å². The first-order valence-electron chi connectivity index (χ1n) is 9.82. The first-order chi connectivity index (χ1) is 15.4. The Labute approximate surface area is 189 Å². The Morgan fingerprint density at radius 3 is 2.52 bits per heavy atom. The molecule has 1 aliphatic rings. The van der Waals surface area contributed by atoms with Gasteiger partial charge in [0.25, 0.3) is 0 Å². The Hall–Kier alpha value is -2.79. The number of phenols is 2. The largest absolute Gasteiger partial charge is 0.507 e. The Bertz CT molecular complexity index is 1310. The van der Waals surface area contributed by atoms with Crippen LogP contribution < -0.4 is 5.43 Å². The lowest BCUT2D eigenvalue weighted by atomic mass is 9.87. The highest BCUT2D eigenvalue weighted by Gasteiger charge is 2.48. The average molecular weight is 486 g/mol. The molecule has 1 aliphatic heterocycles. The molecule has 0 radical (unpaired) electrons. The highest BCUT2D eigenvalue weighted by atomic mass is 35.5. The fraction of sp³-hybridized carbons (Fsp3) is 0.318. The number of aliphatic hydroxyl groups excluding tert-OH is 1. The van der Waals surface area contributed by atoms with E-state index < -0.39 is 46.9 Å². The Morgan fingerprint density at radius 1 is 1.21 bits per heavy atom. The summed E-state index contributed by atoms with van der Waals surface area (Å²) >= 11 is 6.05. The molecule has 4 N–H and O–H groups in total. The number of hydrogen-bond donors (Lipinski definition) is 4. The maximum atomic E-state index is 13.0. The molecule has 1 fully saturated rings. The summed E-state index contributed by atoms with van der Waals surface area (Å²) in [4.78, 5) is 14.3. The number of aromatic hydroxyl groups is 2. The molecule has 0 aliphatic carbocycles. The lowest BCUT2D eigenvalue weighted by Crippen LogP contribution is -2.48. The van der Waals surface area contributed by atoms with Crippen molar-refractivity contribution in [3.8, 4) is 22.8 Å². The molecule has 3 aromatic rings. The number of phenolic OH excluding ortho intramolecular Hbond substituents is 2. The average Bonchev–Trinajstić information content (AvgIpc) is 3.01. The van der Waals surface area contributed by atoms with Crippen LogP contribution in [0.25, 0.3) is 22.3 Å². The predicted octanol–water partition coefficient (Wildman–Crippen LogP) is 3.64. The molecule has 0 bridgehead atoms. The second-order valence-electron chi connectivity index (χ2n) is 8.00. The van der Waals surface area contributed by atoms with Crippen LogP contribution in [0.3, 0.4) is 0 Å². The summed E-state index contributed by atoms with van der Waals surface area (Å²) in [6.07, 6.45) is -4.35. The lowest BCUT2D eigenvalue weighted by Gasteiger charge is -2.34. The quantitative estimate of drug-likeness (QED) is 0.448. The van der Waals surface area contributed by atoms with E-state index in [-0.39, 0.29) is 39.3 Å². The van der Waals surface area contributed by atoms with E-state index >= 15 is 0 Å². The molecule has 0 amide bonds. The van der Waals surface area contributed by atoms with Crippen molar-refractivity contribution in [2.24, 2.45) is 0 Å². The van der Waals surface area contributed by atoms with Gasteiger partial charge in [-0.25, -0.2) is 0 Å². The summed E-state index contributed by atoms with van der Waals surface area (Å²) in [5.74, 6) is -2.16. The minimum absolute atomic E-state index is 0.0154. The molecule has 1 saturated heterocycles. The molecule has 11 heteroatoms. The minimum atomic E-state index is -4.62. The third-order valence-corrected chi connectivity index (χ3v) is 6.43. The third kappa shape index (κ3) is 3.72. The molecule has 2 atom stereocenters. The molecule has 0 unspecified atom stereocenters. The zero-order chi connectivity index (χ0) is 24.3. The number of nitrogens with zero attached hydrogens (tertiary/aromatic N) is 1. The molecule has 0 saturated carbocycles. The molecule has 2 heterocycles. The number of halogens is 4. The van der Waals surface area contributed by atoms with Crippen LogP contribution in [0.4, 0.5) is 13.2 Å². The van der Waals surface area contributed by atoms with Crippen molar-refractivity contribution in [2.75, 3.05) is 20.2 Å². The van der Waals surface area contributed by atoms with Crippen molar-refractivity contribution in [1.29, 1.82) is 0 Å². The topological polar surface area (TPSA) is 114 Å². The second kappa shape index (κ2) is 7.91. The van der Waals surface area contributed by atoms with Gasteiger partial charge in [-0.3, -0.25) is 9.69 Å². The van der Waals surface area contributed by atoms with Gasteiger partial charge in [-0.2, -0.15) is 13.2 Å². The van der Waals surface area contributed by atoms with Gasteiger partial charge in [-0.15, -0.1) is 0 Å². The van der Waals surface area contributed by atoms with Crippen LogP contribution in [0.5, 0.6) is 11.5 Å². The van der Waals surface area contributed by atoms with E-state index in [0.717, 1.165) is 24.3 Å². The first kappa shape index (κ1) is 23.4. The molecule has 1 aromatic heterocycles.